The van der Waals surface area contributed by atoms with Gasteiger partial charge in [-0.25, -0.2) is 0 Å². The lowest BCUT2D eigenvalue weighted by molar-refractivity contribution is 0.174. The van der Waals surface area contributed by atoms with E-state index in [0.29, 0.717) is 28.4 Å². The molecule has 6 heteroatoms. The molecule has 2 aromatic heterocycles. The van der Waals surface area contributed by atoms with Crippen LogP contribution < -0.4 is 24.5 Å². The van der Waals surface area contributed by atoms with Crippen LogP contribution >= 0.6 is 0 Å². The number of aromatic nitrogens is 1. The summed E-state index contributed by atoms with van der Waals surface area (Å²) >= 11 is 0. The molecule has 1 aliphatic rings. The van der Waals surface area contributed by atoms with Gasteiger partial charge in [-0.15, -0.1) is 0 Å². The van der Waals surface area contributed by atoms with Crippen molar-refractivity contribution in [1.82, 2.24) is 4.40 Å². The van der Waals surface area contributed by atoms with Gasteiger partial charge < -0.3 is 18.9 Å². The zero-order valence-corrected chi connectivity index (χ0v) is 13.1. The fourth-order valence-electron chi connectivity index (χ4n) is 3.49. The molecule has 120 valence electrons. The minimum absolute atomic E-state index is 0.110. The Morgan fingerprint density at radius 2 is 1.67 bits per heavy atom. The van der Waals surface area contributed by atoms with Gasteiger partial charge in [-0.05, 0) is 18.2 Å². The van der Waals surface area contributed by atoms with Gasteiger partial charge in [0.2, 0.25) is 6.79 Å². The molecule has 0 radical (unpaired) electrons. The highest BCUT2D eigenvalue weighted by Gasteiger charge is 2.22. The van der Waals surface area contributed by atoms with Gasteiger partial charge in [0.15, 0.2) is 11.5 Å². The second-order valence-corrected chi connectivity index (χ2v) is 5.66. The lowest BCUT2D eigenvalue weighted by Crippen LogP contribution is -2.12. The fraction of sp³-hybridized carbons (Fsp3) is 0.167. The summed E-state index contributed by atoms with van der Waals surface area (Å²) in [5.74, 6) is 2.53. The Morgan fingerprint density at radius 3 is 2.38 bits per heavy atom. The van der Waals surface area contributed by atoms with Crippen LogP contribution in [0.2, 0.25) is 0 Å². The molecule has 3 heterocycles. The SMILES string of the molecule is COc1cc(OC)c2c3cc4c(cc3c(=O)n3ccc1c23)OCO4. The summed E-state index contributed by atoms with van der Waals surface area (Å²) in [6, 6.07) is 7.29. The smallest absolute Gasteiger partial charge is 0.263 e. The van der Waals surface area contributed by atoms with E-state index in [4.69, 9.17) is 18.9 Å². The molecule has 24 heavy (non-hydrogen) atoms. The molecule has 0 unspecified atom stereocenters. The lowest BCUT2D eigenvalue weighted by atomic mass is 10.0. The number of pyridine rings is 1. The van der Waals surface area contributed by atoms with Crippen molar-refractivity contribution < 1.29 is 18.9 Å². The van der Waals surface area contributed by atoms with Gasteiger partial charge in [-0.3, -0.25) is 9.20 Å². The second-order valence-electron chi connectivity index (χ2n) is 5.66. The van der Waals surface area contributed by atoms with Gasteiger partial charge in [0.05, 0.1) is 25.1 Å². The molecule has 0 N–H and O–H groups in total. The van der Waals surface area contributed by atoms with E-state index in [1.165, 1.54) is 0 Å². The molecule has 2 aromatic carbocycles. The van der Waals surface area contributed by atoms with Gasteiger partial charge in [0.1, 0.15) is 11.5 Å². The Kier molecular flexibility index (Phi) is 2.46. The third-order valence-electron chi connectivity index (χ3n) is 4.57. The third-order valence-corrected chi connectivity index (χ3v) is 4.57. The van der Waals surface area contributed by atoms with Gasteiger partial charge >= 0.3 is 0 Å². The van der Waals surface area contributed by atoms with Crippen LogP contribution in [0.5, 0.6) is 23.0 Å². The number of rotatable bonds is 2. The highest BCUT2D eigenvalue weighted by molar-refractivity contribution is 6.16. The van der Waals surface area contributed by atoms with Crippen LogP contribution in [0, 0.1) is 0 Å². The van der Waals surface area contributed by atoms with Crippen molar-refractivity contribution in [2.45, 2.75) is 0 Å². The Hall–Kier alpha value is -3.15. The van der Waals surface area contributed by atoms with Crippen molar-refractivity contribution in [2.24, 2.45) is 0 Å². The molecule has 6 nitrogen and oxygen atoms in total. The van der Waals surface area contributed by atoms with Crippen LogP contribution in [-0.4, -0.2) is 25.4 Å². The number of nitrogens with zero attached hydrogens (tertiary/aromatic N) is 1. The van der Waals surface area contributed by atoms with Gasteiger partial charge in [0, 0.05) is 28.4 Å². The number of methoxy groups -OCH3 is 2. The molecule has 4 aromatic rings. The zero-order chi connectivity index (χ0) is 16.4. The van der Waals surface area contributed by atoms with Crippen LogP contribution in [0.25, 0.3) is 27.1 Å². The zero-order valence-electron chi connectivity index (χ0n) is 13.1. The molecule has 0 saturated heterocycles. The first kappa shape index (κ1) is 13.3. The van der Waals surface area contributed by atoms with Gasteiger partial charge in [0.25, 0.3) is 5.56 Å². The van der Waals surface area contributed by atoms with E-state index in [2.05, 4.69) is 0 Å². The van der Waals surface area contributed by atoms with E-state index < -0.39 is 0 Å². The summed E-state index contributed by atoms with van der Waals surface area (Å²) < 4.78 is 23.6. The summed E-state index contributed by atoms with van der Waals surface area (Å²) in [6.45, 7) is 0.161. The Morgan fingerprint density at radius 1 is 0.958 bits per heavy atom. The average Bonchev–Trinajstić information content (AvgIpc) is 3.24. The molecule has 0 spiro atoms. The topological polar surface area (TPSA) is 58.4 Å². The summed E-state index contributed by atoms with van der Waals surface area (Å²) in [7, 11) is 3.21. The van der Waals surface area contributed by atoms with Crippen molar-refractivity contribution in [1.29, 1.82) is 0 Å². The monoisotopic (exact) mass is 323 g/mol. The predicted octanol–water partition coefficient (Wildman–Crippen LogP) is 2.79. The van der Waals surface area contributed by atoms with Crippen molar-refractivity contribution in [3.05, 3.63) is 40.8 Å². The van der Waals surface area contributed by atoms with Gasteiger partial charge in [-0.1, -0.05) is 0 Å². The van der Waals surface area contributed by atoms with E-state index >= 15 is 0 Å². The minimum atomic E-state index is -0.110. The molecular formula is C18H13NO5. The summed E-state index contributed by atoms with van der Waals surface area (Å²) in [4.78, 5) is 12.9. The van der Waals surface area contributed by atoms with Crippen LogP contribution in [0.3, 0.4) is 0 Å². The molecule has 0 aliphatic carbocycles. The molecule has 1 aliphatic heterocycles. The number of hydrogen-bond acceptors (Lipinski definition) is 5. The van der Waals surface area contributed by atoms with Crippen LogP contribution in [0.4, 0.5) is 0 Å². The maximum Gasteiger partial charge on any atom is 0.263 e. The van der Waals surface area contributed by atoms with Gasteiger partial charge in [-0.2, -0.15) is 0 Å². The van der Waals surface area contributed by atoms with E-state index in [-0.39, 0.29) is 12.4 Å². The Labute approximate surface area is 136 Å². The van der Waals surface area contributed by atoms with Crippen molar-refractivity contribution in [2.75, 3.05) is 21.0 Å². The number of hydrogen-bond donors (Lipinski definition) is 0. The molecule has 0 saturated carbocycles. The van der Waals surface area contributed by atoms with Crippen molar-refractivity contribution in [3.63, 3.8) is 0 Å². The first-order valence-electron chi connectivity index (χ1n) is 7.47. The molecular weight excluding hydrogens is 310 g/mol. The van der Waals surface area contributed by atoms with Crippen molar-refractivity contribution in [3.8, 4) is 23.0 Å². The highest BCUT2D eigenvalue weighted by atomic mass is 16.7. The largest absolute Gasteiger partial charge is 0.496 e. The predicted molar refractivity (Wildman–Crippen MR) is 89.1 cm³/mol. The summed E-state index contributed by atoms with van der Waals surface area (Å²) in [5, 5.41) is 3.06. The molecule has 0 bridgehead atoms. The molecule has 5 rings (SSSR count). The number of benzene rings is 2. The normalized spacial score (nSPS) is 13.2. The third kappa shape index (κ3) is 1.47. The quantitative estimate of drug-likeness (QED) is 0.531. The van der Waals surface area contributed by atoms with Crippen LogP contribution in [0.1, 0.15) is 0 Å². The van der Waals surface area contributed by atoms with E-state index in [0.717, 1.165) is 21.7 Å². The molecule has 0 atom stereocenters. The highest BCUT2D eigenvalue weighted by Crippen LogP contribution is 2.43. The first-order valence-corrected chi connectivity index (χ1v) is 7.47. The average molecular weight is 323 g/mol. The minimum Gasteiger partial charge on any atom is -0.496 e. The fourth-order valence-corrected chi connectivity index (χ4v) is 3.49. The Balaban J connectivity index is 2.10. The summed E-state index contributed by atoms with van der Waals surface area (Å²) in [5.41, 5.74) is 0.670. The van der Waals surface area contributed by atoms with E-state index in [1.807, 2.05) is 18.2 Å². The summed E-state index contributed by atoms with van der Waals surface area (Å²) in [6.07, 6.45) is 1.76. The van der Waals surface area contributed by atoms with Crippen LogP contribution in [-0.2, 0) is 0 Å². The van der Waals surface area contributed by atoms with Crippen LogP contribution in [0.15, 0.2) is 35.3 Å². The molecule has 0 fully saturated rings. The lowest BCUT2D eigenvalue weighted by Gasteiger charge is -2.13. The molecule has 0 amide bonds. The maximum atomic E-state index is 12.9. The second kappa shape index (κ2) is 4.44. The van der Waals surface area contributed by atoms with Crippen molar-refractivity contribution >= 4 is 27.1 Å². The van der Waals surface area contributed by atoms with E-state index in [9.17, 15) is 4.79 Å². The number of fused-ring (bicyclic) bond motifs is 3. The standard InChI is InChI=1S/C18H13NO5/c1-21-12-7-15(22-2)16-10-5-13-14(24-8-23-13)6-11(10)18(20)19-4-3-9(12)17(16)19/h3-7H,8H2,1-2H3. The first-order chi connectivity index (χ1) is 11.7. The Bertz CT molecular complexity index is 1180. The van der Waals surface area contributed by atoms with E-state index in [1.54, 1.807) is 30.9 Å². The maximum absolute atomic E-state index is 12.9. The number of ether oxygens (including phenoxy) is 4.